The van der Waals surface area contributed by atoms with Gasteiger partial charge in [0.15, 0.2) is 0 Å². The molecular weight excluding hydrogens is 460 g/mol. The molecule has 0 radical (unpaired) electrons. The summed E-state index contributed by atoms with van der Waals surface area (Å²) in [5.41, 5.74) is 1.76. The minimum Gasteiger partial charge on any atom is -0.497 e. The maximum atomic E-state index is 13.1. The Labute approximate surface area is 200 Å². The number of carbonyl (C=O) groups is 2. The molecule has 2 aromatic rings. The number of methoxy groups -OCH3 is 2. The summed E-state index contributed by atoms with van der Waals surface area (Å²) in [7, 11) is -1.17. The highest BCUT2D eigenvalue weighted by molar-refractivity contribution is 7.89. The Morgan fingerprint density at radius 2 is 1.56 bits per heavy atom. The van der Waals surface area contributed by atoms with Crippen LogP contribution >= 0.6 is 0 Å². The van der Waals surface area contributed by atoms with Gasteiger partial charge in [0.05, 0.1) is 25.7 Å². The van der Waals surface area contributed by atoms with Gasteiger partial charge in [0.1, 0.15) is 11.8 Å². The van der Waals surface area contributed by atoms with Crippen molar-refractivity contribution >= 4 is 22.1 Å². The number of amides is 1. The van der Waals surface area contributed by atoms with E-state index in [1.165, 1.54) is 19.2 Å². The van der Waals surface area contributed by atoms with Gasteiger partial charge in [-0.25, -0.2) is 13.2 Å². The van der Waals surface area contributed by atoms with Crippen molar-refractivity contribution < 1.29 is 32.2 Å². The van der Waals surface area contributed by atoms with Crippen molar-refractivity contribution in [1.82, 2.24) is 9.62 Å². The molecule has 184 valence electrons. The summed E-state index contributed by atoms with van der Waals surface area (Å²) < 4.78 is 43.7. The zero-order valence-electron chi connectivity index (χ0n) is 19.5. The van der Waals surface area contributed by atoms with Crippen LogP contribution in [-0.2, 0) is 24.3 Å². The second kappa shape index (κ2) is 11.3. The number of hydrogen-bond donors (Lipinski definition) is 1. The Morgan fingerprint density at radius 1 is 1.00 bits per heavy atom. The molecule has 1 aliphatic heterocycles. The Balaban J connectivity index is 1.72. The summed E-state index contributed by atoms with van der Waals surface area (Å²) in [4.78, 5) is 26.0. The summed E-state index contributed by atoms with van der Waals surface area (Å²) in [6.45, 7) is 2.75. The van der Waals surface area contributed by atoms with E-state index in [0.717, 1.165) is 16.9 Å². The summed E-state index contributed by atoms with van der Waals surface area (Å²) in [5.74, 6) is -0.242. The standard InChI is InChI=1S/C24H30N2O7S/c1-4-33-24(28)26-15-13-19(14-16-26)22(23(27)32-3)25-34(29,30)21-11-7-18(8-12-21)17-5-9-20(31-2)10-6-17/h5-12,19,22,25H,4,13-16H2,1-3H3. The van der Waals surface area contributed by atoms with Crippen LogP contribution in [0.2, 0.25) is 0 Å². The molecule has 9 nitrogen and oxygen atoms in total. The van der Waals surface area contributed by atoms with E-state index in [4.69, 9.17) is 14.2 Å². The minimum atomic E-state index is -3.99. The van der Waals surface area contributed by atoms with Crippen molar-refractivity contribution in [2.75, 3.05) is 33.9 Å². The largest absolute Gasteiger partial charge is 0.497 e. The average Bonchev–Trinajstić information content (AvgIpc) is 2.87. The normalized spacial score (nSPS) is 15.4. The smallest absolute Gasteiger partial charge is 0.409 e. The molecule has 1 fully saturated rings. The van der Waals surface area contributed by atoms with Crippen LogP contribution in [-0.4, -0.2) is 65.3 Å². The second-order valence-electron chi connectivity index (χ2n) is 7.90. The predicted molar refractivity (Wildman–Crippen MR) is 126 cm³/mol. The van der Waals surface area contributed by atoms with E-state index in [-0.39, 0.29) is 17.4 Å². The fraction of sp³-hybridized carbons (Fsp3) is 0.417. The highest BCUT2D eigenvalue weighted by Crippen LogP contribution is 2.26. The first kappa shape index (κ1) is 25.5. The molecule has 0 aliphatic carbocycles. The summed E-state index contributed by atoms with van der Waals surface area (Å²) in [6, 6.07) is 12.8. The van der Waals surface area contributed by atoms with Crippen molar-refractivity contribution in [1.29, 1.82) is 0 Å². The predicted octanol–water partition coefficient (Wildman–Crippen LogP) is 3.05. The molecule has 1 aliphatic rings. The molecule has 1 atom stereocenters. The summed E-state index contributed by atoms with van der Waals surface area (Å²) >= 11 is 0. The van der Waals surface area contributed by atoms with Crippen LogP contribution in [0.3, 0.4) is 0 Å². The number of nitrogens with one attached hydrogen (secondary N) is 1. The lowest BCUT2D eigenvalue weighted by Gasteiger charge is -2.34. The summed E-state index contributed by atoms with van der Waals surface area (Å²) in [6.07, 6.45) is 0.475. The number of ether oxygens (including phenoxy) is 3. The van der Waals surface area contributed by atoms with Crippen LogP contribution in [0, 0.1) is 5.92 Å². The lowest BCUT2D eigenvalue weighted by Crippen LogP contribution is -2.50. The molecule has 0 bridgehead atoms. The van der Waals surface area contributed by atoms with E-state index in [1.54, 1.807) is 31.1 Å². The lowest BCUT2D eigenvalue weighted by molar-refractivity contribution is -0.144. The number of carbonyl (C=O) groups excluding carboxylic acids is 2. The third kappa shape index (κ3) is 6.06. The molecule has 1 saturated heterocycles. The van der Waals surface area contributed by atoms with Crippen molar-refractivity contribution in [2.45, 2.75) is 30.7 Å². The molecule has 1 heterocycles. The molecule has 34 heavy (non-hydrogen) atoms. The van der Waals surface area contributed by atoms with Crippen molar-refractivity contribution in [3.8, 4) is 16.9 Å². The number of esters is 1. The molecule has 2 aromatic carbocycles. The van der Waals surface area contributed by atoms with Crippen LogP contribution in [0.4, 0.5) is 4.79 Å². The van der Waals surface area contributed by atoms with Gasteiger partial charge in [-0.3, -0.25) is 4.79 Å². The van der Waals surface area contributed by atoms with E-state index in [0.29, 0.717) is 25.9 Å². The van der Waals surface area contributed by atoms with Crippen LogP contribution in [0.1, 0.15) is 19.8 Å². The number of likely N-dealkylation sites (tertiary alicyclic amines) is 1. The quantitative estimate of drug-likeness (QED) is 0.566. The second-order valence-corrected chi connectivity index (χ2v) is 9.61. The van der Waals surface area contributed by atoms with Gasteiger partial charge >= 0.3 is 12.1 Å². The van der Waals surface area contributed by atoms with Crippen molar-refractivity contribution in [2.24, 2.45) is 5.92 Å². The third-order valence-corrected chi connectivity index (χ3v) is 7.32. The molecule has 0 aromatic heterocycles. The number of nitrogens with zero attached hydrogens (tertiary/aromatic N) is 1. The van der Waals surface area contributed by atoms with Gasteiger partial charge in [-0.2, -0.15) is 4.72 Å². The summed E-state index contributed by atoms with van der Waals surface area (Å²) in [5, 5.41) is 0. The monoisotopic (exact) mass is 490 g/mol. The van der Waals surface area contributed by atoms with Gasteiger partial charge in [0, 0.05) is 13.1 Å². The Kier molecular flexibility index (Phi) is 8.51. The molecule has 10 heteroatoms. The highest BCUT2D eigenvalue weighted by atomic mass is 32.2. The topological polar surface area (TPSA) is 111 Å². The Hall–Kier alpha value is -3.11. The van der Waals surface area contributed by atoms with Gasteiger partial charge in [-0.1, -0.05) is 24.3 Å². The fourth-order valence-corrected chi connectivity index (χ4v) is 5.19. The van der Waals surface area contributed by atoms with Crippen LogP contribution in [0.15, 0.2) is 53.4 Å². The lowest BCUT2D eigenvalue weighted by atomic mass is 9.90. The van der Waals surface area contributed by atoms with E-state index < -0.39 is 28.1 Å². The maximum Gasteiger partial charge on any atom is 0.409 e. The Bertz CT molecular complexity index is 1080. The zero-order chi connectivity index (χ0) is 24.7. The van der Waals surface area contributed by atoms with E-state index in [1.807, 2.05) is 24.3 Å². The van der Waals surface area contributed by atoms with Gasteiger partial charge in [0.2, 0.25) is 10.0 Å². The third-order valence-electron chi connectivity index (χ3n) is 5.86. The number of benzene rings is 2. The molecule has 1 unspecified atom stereocenters. The van der Waals surface area contributed by atoms with Crippen LogP contribution in [0.5, 0.6) is 5.75 Å². The number of hydrogen-bond acceptors (Lipinski definition) is 7. The van der Waals surface area contributed by atoms with E-state index >= 15 is 0 Å². The molecular formula is C24H30N2O7S. The van der Waals surface area contributed by atoms with Gasteiger partial charge in [0.25, 0.3) is 0 Å². The molecule has 1 amide bonds. The number of sulfonamides is 1. The van der Waals surface area contributed by atoms with Crippen molar-refractivity contribution in [3.63, 3.8) is 0 Å². The first-order valence-corrected chi connectivity index (χ1v) is 12.5. The Morgan fingerprint density at radius 3 is 2.06 bits per heavy atom. The molecule has 1 N–H and O–H groups in total. The zero-order valence-corrected chi connectivity index (χ0v) is 20.3. The molecule has 0 spiro atoms. The minimum absolute atomic E-state index is 0.0441. The van der Waals surface area contributed by atoms with E-state index in [9.17, 15) is 18.0 Å². The van der Waals surface area contributed by atoms with E-state index in [2.05, 4.69) is 4.72 Å². The first-order valence-electron chi connectivity index (χ1n) is 11.1. The van der Waals surface area contributed by atoms with Gasteiger partial charge in [-0.05, 0) is 61.1 Å². The fourth-order valence-electron chi connectivity index (χ4n) is 3.94. The van der Waals surface area contributed by atoms with Gasteiger partial charge in [-0.15, -0.1) is 0 Å². The maximum absolute atomic E-state index is 13.1. The highest BCUT2D eigenvalue weighted by Gasteiger charge is 2.36. The van der Waals surface area contributed by atoms with Crippen molar-refractivity contribution in [3.05, 3.63) is 48.5 Å². The molecule has 0 saturated carbocycles. The van der Waals surface area contributed by atoms with Gasteiger partial charge < -0.3 is 19.1 Å². The SMILES string of the molecule is CCOC(=O)N1CCC(C(NS(=O)(=O)c2ccc(-c3ccc(OC)cc3)cc2)C(=O)OC)CC1. The number of piperidine rings is 1. The van der Waals surface area contributed by atoms with Crippen LogP contribution in [0.25, 0.3) is 11.1 Å². The first-order chi connectivity index (χ1) is 16.3. The average molecular weight is 491 g/mol. The number of rotatable bonds is 8. The molecule has 3 rings (SSSR count). The van der Waals surface area contributed by atoms with Crippen LogP contribution < -0.4 is 9.46 Å².